The molecule has 184 valence electrons. The van der Waals surface area contributed by atoms with Crippen molar-refractivity contribution in [2.24, 2.45) is 0 Å². The van der Waals surface area contributed by atoms with Crippen molar-refractivity contribution in [2.75, 3.05) is 39.4 Å². The first-order valence-electron chi connectivity index (χ1n) is 12.3. The molecule has 2 aromatic carbocycles. The van der Waals surface area contributed by atoms with Crippen molar-refractivity contribution >= 4 is 5.91 Å². The second kappa shape index (κ2) is 11.7. The van der Waals surface area contributed by atoms with Crippen LogP contribution in [0.4, 0.5) is 4.39 Å². The molecule has 1 amide bonds. The minimum absolute atomic E-state index is 0.0970. The van der Waals surface area contributed by atoms with Gasteiger partial charge in [-0.15, -0.1) is 0 Å². The van der Waals surface area contributed by atoms with Crippen molar-refractivity contribution in [1.82, 2.24) is 9.80 Å². The van der Waals surface area contributed by atoms with Gasteiger partial charge in [0.25, 0.3) is 0 Å². The van der Waals surface area contributed by atoms with E-state index in [0.717, 1.165) is 57.7 Å². The summed E-state index contributed by atoms with van der Waals surface area (Å²) >= 11 is 0. The van der Waals surface area contributed by atoms with Gasteiger partial charge in [0.1, 0.15) is 18.0 Å². The summed E-state index contributed by atoms with van der Waals surface area (Å²) in [5.41, 5.74) is 0.259. The van der Waals surface area contributed by atoms with Gasteiger partial charge in [-0.1, -0.05) is 24.3 Å². The van der Waals surface area contributed by atoms with Crippen molar-refractivity contribution in [3.63, 3.8) is 0 Å². The van der Waals surface area contributed by atoms with E-state index in [1.807, 2.05) is 17.0 Å². The summed E-state index contributed by atoms with van der Waals surface area (Å²) in [6.07, 6.45) is 4.81. The molecule has 6 nitrogen and oxygen atoms in total. The van der Waals surface area contributed by atoms with Crippen LogP contribution in [0.1, 0.15) is 44.1 Å². The fourth-order valence-corrected chi connectivity index (χ4v) is 4.54. The van der Waals surface area contributed by atoms with Crippen LogP contribution >= 0.6 is 0 Å². The molecule has 0 aromatic heterocycles. The van der Waals surface area contributed by atoms with Gasteiger partial charge < -0.3 is 19.5 Å². The standard InChI is InChI=1S/C27H35FN2O4/c28-24-6-1-2-7-25(24)34-21-27(32)13-17-29(18-14-27)20-22-9-11-23(12-10-22)33-19-5-16-30-15-4-3-8-26(30)31/h1-2,6-7,9-12,32H,3-5,8,13-21H2. The number of rotatable bonds is 10. The van der Waals surface area contributed by atoms with Gasteiger partial charge in [-0.2, -0.15) is 0 Å². The maximum atomic E-state index is 13.7. The number of likely N-dealkylation sites (tertiary alicyclic amines) is 2. The average Bonchev–Trinajstić information content (AvgIpc) is 2.85. The van der Waals surface area contributed by atoms with Crippen molar-refractivity contribution in [2.45, 2.75) is 50.7 Å². The summed E-state index contributed by atoms with van der Waals surface area (Å²) in [7, 11) is 0. The topological polar surface area (TPSA) is 62.2 Å². The second-order valence-corrected chi connectivity index (χ2v) is 9.40. The van der Waals surface area contributed by atoms with Gasteiger partial charge in [-0.05, 0) is 61.9 Å². The molecule has 0 radical (unpaired) electrons. The van der Waals surface area contributed by atoms with E-state index in [0.29, 0.717) is 25.9 Å². The zero-order valence-electron chi connectivity index (χ0n) is 19.8. The molecule has 2 aliphatic rings. The molecule has 34 heavy (non-hydrogen) atoms. The number of hydrogen-bond acceptors (Lipinski definition) is 5. The smallest absolute Gasteiger partial charge is 0.222 e. The maximum Gasteiger partial charge on any atom is 0.222 e. The highest BCUT2D eigenvalue weighted by Gasteiger charge is 2.33. The van der Waals surface area contributed by atoms with Crippen LogP contribution in [-0.4, -0.2) is 65.8 Å². The van der Waals surface area contributed by atoms with Gasteiger partial charge in [0, 0.05) is 39.1 Å². The molecule has 0 saturated carbocycles. The number of benzene rings is 2. The number of amides is 1. The molecule has 1 N–H and O–H groups in total. The summed E-state index contributed by atoms with van der Waals surface area (Å²) in [6, 6.07) is 14.4. The third kappa shape index (κ3) is 6.93. The van der Waals surface area contributed by atoms with Crippen molar-refractivity contribution in [1.29, 1.82) is 0 Å². The van der Waals surface area contributed by atoms with E-state index in [-0.39, 0.29) is 18.3 Å². The SMILES string of the molecule is O=C1CCCCN1CCCOc1ccc(CN2CCC(O)(COc3ccccc3F)CC2)cc1. The number of carbonyl (C=O) groups is 1. The third-order valence-corrected chi connectivity index (χ3v) is 6.71. The number of halogens is 1. The molecular formula is C27H35FN2O4. The normalized spacial score (nSPS) is 18.6. The minimum Gasteiger partial charge on any atom is -0.494 e. The zero-order chi connectivity index (χ0) is 23.8. The summed E-state index contributed by atoms with van der Waals surface area (Å²) in [4.78, 5) is 16.1. The Labute approximate surface area is 201 Å². The van der Waals surface area contributed by atoms with E-state index in [1.54, 1.807) is 18.2 Å². The van der Waals surface area contributed by atoms with E-state index < -0.39 is 11.4 Å². The molecule has 7 heteroatoms. The van der Waals surface area contributed by atoms with E-state index in [9.17, 15) is 14.3 Å². The van der Waals surface area contributed by atoms with Gasteiger partial charge in [-0.3, -0.25) is 9.69 Å². The number of nitrogens with zero attached hydrogens (tertiary/aromatic N) is 2. The summed E-state index contributed by atoms with van der Waals surface area (Å²) < 4.78 is 25.1. The summed E-state index contributed by atoms with van der Waals surface area (Å²) in [6.45, 7) is 4.66. The van der Waals surface area contributed by atoms with E-state index in [4.69, 9.17) is 9.47 Å². The quantitative estimate of drug-likeness (QED) is 0.532. The van der Waals surface area contributed by atoms with Gasteiger partial charge in [0.05, 0.1) is 6.61 Å². The number of aliphatic hydroxyl groups is 1. The molecule has 4 rings (SSSR count). The molecular weight excluding hydrogens is 435 g/mol. The summed E-state index contributed by atoms with van der Waals surface area (Å²) in [5.74, 6) is 0.880. The Bertz CT molecular complexity index is 928. The van der Waals surface area contributed by atoms with E-state index in [1.165, 1.54) is 11.6 Å². The number of carbonyl (C=O) groups excluding carboxylic acids is 1. The molecule has 2 saturated heterocycles. The van der Waals surface area contributed by atoms with Crippen LogP contribution in [-0.2, 0) is 11.3 Å². The van der Waals surface area contributed by atoms with Gasteiger partial charge in [0.2, 0.25) is 5.91 Å². The highest BCUT2D eigenvalue weighted by molar-refractivity contribution is 5.76. The minimum atomic E-state index is -0.935. The van der Waals surface area contributed by atoms with E-state index >= 15 is 0 Å². The van der Waals surface area contributed by atoms with Crippen LogP contribution in [0, 0.1) is 5.82 Å². The van der Waals surface area contributed by atoms with Crippen LogP contribution in [0.25, 0.3) is 0 Å². The van der Waals surface area contributed by atoms with Gasteiger partial charge >= 0.3 is 0 Å². The Kier molecular flexibility index (Phi) is 8.40. The summed E-state index contributed by atoms with van der Waals surface area (Å²) in [5, 5.41) is 10.8. The highest BCUT2D eigenvalue weighted by atomic mass is 19.1. The van der Waals surface area contributed by atoms with Crippen molar-refractivity contribution in [3.8, 4) is 11.5 Å². The molecule has 2 aromatic rings. The van der Waals surface area contributed by atoms with Crippen LogP contribution in [0.15, 0.2) is 48.5 Å². The van der Waals surface area contributed by atoms with Crippen molar-refractivity contribution in [3.05, 3.63) is 59.9 Å². The van der Waals surface area contributed by atoms with Crippen molar-refractivity contribution < 1.29 is 23.8 Å². The lowest BCUT2D eigenvalue weighted by Crippen LogP contribution is -2.47. The Morgan fingerprint density at radius 3 is 2.47 bits per heavy atom. The molecule has 0 spiro atoms. The molecule has 2 aliphatic heterocycles. The fraction of sp³-hybridized carbons (Fsp3) is 0.519. The molecule has 0 aliphatic carbocycles. The molecule has 2 heterocycles. The maximum absolute atomic E-state index is 13.7. The number of ether oxygens (including phenoxy) is 2. The molecule has 0 unspecified atom stereocenters. The first-order chi connectivity index (χ1) is 16.5. The highest BCUT2D eigenvalue weighted by Crippen LogP contribution is 2.26. The monoisotopic (exact) mass is 470 g/mol. The Morgan fingerprint density at radius 1 is 0.971 bits per heavy atom. The predicted octanol–water partition coefficient (Wildman–Crippen LogP) is 4.01. The number of hydrogen-bond donors (Lipinski definition) is 1. The number of para-hydroxylation sites is 1. The lowest BCUT2D eigenvalue weighted by Gasteiger charge is -2.38. The molecule has 0 bridgehead atoms. The van der Waals surface area contributed by atoms with Gasteiger partial charge in [-0.25, -0.2) is 4.39 Å². The lowest BCUT2D eigenvalue weighted by molar-refractivity contribution is -0.133. The Hall–Kier alpha value is -2.64. The third-order valence-electron chi connectivity index (χ3n) is 6.71. The van der Waals surface area contributed by atoms with Crippen LogP contribution in [0.5, 0.6) is 11.5 Å². The predicted molar refractivity (Wildman–Crippen MR) is 128 cm³/mol. The zero-order valence-corrected chi connectivity index (χ0v) is 19.8. The van der Waals surface area contributed by atoms with Crippen LogP contribution in [0.2, 0.25) is 0 Å². The molecule has 0 atom stereocenters. The van der Waals surface area contributed by atoms with Gasteiger partial charge in [0.15, 0.2) is 11.6 Å². The first-order valence-corrected chi connectivity index (χ1v) is 12.3. The number of piperidine rings is 2. The fourth-order valence-electron chi connectivity index (χ4n) is 4.54. The Balaban J connectivity index is 1.15. The van der Waals surface area contributed by atoms with Crippen LogP contribution in [0.3, 0.4) is 0 Å². The second-order valence-electron chi connectivity index (χ2n) is 9.40. The first kappa shape index (κ1) is 24.5. The lowest BCUT2D eigenvalue weighted by atomic mass is 9.92. The van der Waals surface area contributed by atoms with E-state index in [2.05, 4.69) is 17.0 Å². The largest absolute Gasteiger partial charge is 0.494 e. The van der Waals surface area contributed by atoms with Crippen LogP contribution < -0.4 is 9.47 Å². The average molecular weight is 471 g/mol. The Morgan fingerprint density at radius 2 is 1.74 bits per heavy atom. The molecule has 2 fully saturated rings.